The average Bonchev–Trinajstić information content (AvgIpc) is 3.62. The van der Waals surface area contributed by atoms with Crippen molar-refractivity contribution in [3.8, 4) is 11.1 Å². The Labute approximate surface area is 305 Å². The lowest BCUT2D eigenvalue weighted by atomic mass is 9.91. The molecule has 0 aliphatic heterocycles. The predicted octanol–water partition coefficient (Wildman–Crippen LogP) is 11.6. The molecule has 3 nitrogen and oxygen atoms in total. The second-order valence-electron chi connectivity index (χ2n) is 13.8. The zero-order valence-electron chi connectivity index (χ0n) is 28.6. The summed E-state index contributed by atoms with van der Waals surface area (Å²) in [6, 6.07) is 65.4. The van der Waals surface area contributed by atoms with E-state index in [1.807, 2.05) is 60.7 Å². The van der Waals surface area contributed by atoms with Gasteiger partial charge in [-0.3, -0.25) is 4.40 Å². The summed E-state index contributed by atoms with van der Waals surface area (Å²) in [5.41, 5.74) is 6.33. The highest BCUT2D eigenvalue weighted by Gasteiger charge is 2.34. The van der Waals surface area contributed by atoms with Crippen LogP contribution in [0.15, 0.2) is 188 Å². The number of imidazole rings is 1. The summed E-state index contributed by atoms with van der Waals surface area (Å²) in [7, 11) is -3.33. The summed E-state index contributed by atoms with van der Waals surface area (Å²) in [6.07, 6.45) is 0. The molecule has 11 aromatic rings. The van der Waals surface area contributed by atoms with E-state index in [2.05, 4.69) is 132 Å². The quantitative estimate of drug-likeness (QED) is 0.104. The average molecular weight is 695 g/mol. The first-order valence-corrected chi connectivity index (χ1v) is 19.7. The first-order chi connectivity index (χ1) is 26.2. The molecule has 2 heterocycles. The Bertz CT molecular complexity index is 3210. The molecule has 2 aromatic heterocycles. The van der Waals surface area contributed by atoms with Crippen LogP contribution in [-0.4, -0.2) is 9.38 Å². The van der Waals surface area contributed by atoms with Gasteiger partial charge >= 0.3 is 0 Å². The van der Waals surface area contributed by atoms with Crippen LogP contribution in [0.5, 0.6) is 0 Å². The number of rotatable bonds is 4. The summed E-state index contributed by atoms with van der Waals surface area (Å²) in [6.45, 7) is 0. The molecule has 0 N–H and O–H groups in total. The van der Waals surface area contributed by atoms with Crippen molar-refractivity contribution in [3.63, 3.8) is 0 Å². The molecule has 0 atom stereocenters. The summed E-state index contributed by atoms with van der Waals surface area (Å²) in [5, 5.41) is 12.6. The van der Waals surface area contributed by atoms with E-state index >= 15 is 4.57 Å². The third-order valence-electron chi connectivity index (χ3n) is 11.0. The van der Waals surface area contributed by atoms with Gasteiger partial charge in [0.15, 0.2) is 7.14 Å². The highest BCUT2D eigenvalue weighted by molar-refractivity contribution is 7.86. The Kier molecular flexibility index (Phi) is 6.53. The zero-order chi connectivity index (χ0) is 35.1. The minimum atomic E-state index is -3.33. The van der Waals surface area contributed by atoms with Crippen molar-refractivity contribution in [2.24, 2.45) is 0 Å². The van der Waals surface area contributed by atoms with Gasteiger partial charge in [-0.1, -0.05) is 176 Å². The van der Waals surface area contributed by atoms with Crippen LogP contribution < -0.4 is 15.9 Å². The highest BCUT2D eigenvalue weighted by atomic mass is 31.2. The van der Waals surface area contributed by atoms with Crippen LogP contribution in [0.1, 0.15) is 0 Å². The summed E-state index contributed by atoms with van der Waals surface area (Å²) in [5.74, 6) is 0. The summed E-state index contributed by atoms with van der Waals surface area (Å²) in [4.78, 5) is 5.30. The van der Waals surface area contributed by atoms with E-state index in [-0.39, 0.29) is 0 Å². The van der Waals surface area contributed by atoms with Crippen LogP contribution in [0.4, 0.5) is 0 Å². The van der Waals surface area contributed by atoms with Gasteiger partial charge in [0, 0.05) is 32.1 Å². The van der Waals surface area contributed by atoms with Crippen LogP contribution in [0.3, 0.4) is 0 Å². The molecule has 248 valence electrons. The fraction of sp³-hybridized carbons (Fsp3) is 0. The fourth-order valence-electron chi connectivity index (χ4n) is 8.70. The SMILES string of the molecule is O=P(c1ccccc1)(c1ccccc1)c1c2ccccc2c(-c2ccc3nc4c5ccccc5c5ccc6ccccc6c5n4c3c2)c2ccccc12. The number of benzene rings is 9. The van der Waals surface area contributed by atoms with Crippen molar-refractivity contribution in [1.82, 2.24) is 9.38 Å². The topological polar surface area (TPSA) is 34.4 Å². The molecule has 0 unspecified atom stereocenters. The maximum absolute atomic E-state index is 16.1. The van der Waals surface area contributed by atoms with Gasteiger partial charge in [-0.2, -0.15) is 0 Å². The molecule has 11 rings (SSSR count). The smallest absolute Gasteiger partial charge is 0.172 e. The molecule has 0 aliphatic rings. The maximum Gasteiger partial charge on any atom is 0.172 e. The van der Waals surface area contributed by atoms with Gasteiger partial charge in [0.1, 0.15) is 5.65 Å². The molecule has 0 amide bonds. The Morgan fingerprint density at radius 2 is 0.962 bits per heavy atom. The molecule has 0 spiro atoms. The zero-order valence-corrected chi connectivity index (χ0v) is 29.5. The first kappa shape index (κ1) is 30.1. The van der Waals surface area contributed by atoms with E-state index in [0.717, 1.165) is 76.2 Å². The Morgan fingerprint density at radius 1 is 0.434 bits per heavy atom. The lowest BCUT2D eigenvalue weighted by molar-refractivity contribution is 0.593. The maximum atomic E-state index is 16.1. The first-order valence-electron chi connectivity index (χ1n) is 18.0. The molecular weight excluding hydrogens is 664 g/mol. The molecule has 0 aliphatic carbocycles. The summed E-state index contributed by atoms with van der Waals surface area (Å²) >= 11 is 0. The van der Waals surface area contributed by atoms with Crippen molar-refractivity contribution in [1.29, 1.82) is 0 Å². The van der Waals surface area contributed by atoms with Crippen LogP contribution in [0.25, 0.3) is 81.8 Å². The number of fused-ring (bicyclic) bond motifs is 12. The third kappa shape index (κ3) is 4.29. The Hall–Kier alpha value is -6.54. The van der Waals surface area contributed by atoms with Crippen molar-refractivity contribution < 1.29 is 4.57 Å². The molecular formula is C49H31N2OP. The van der Waals surface area contributed by atoms with Crippen LogP contribution in [-0.2, 0) is 4.57 Å². The molecule has 0 fully saturated rings. The lowest BCUT2D eigenvalue weighted by Gasteiger charge is -2.25. The molecule has 0 saturated carbocycles. The van der Waals surface area contributed by atoms with E-state index in [9.17, 15) is 0 Å². The normalized spacial score (nSPS) is 12.2. The minimum absolute atomic E-state index is 0.827. The van der Waals surface area contributed by atoms with Crippen molar-refractivity contribution in [2.75, 3.05) is 0 Å². The van der Waals surface area contributed by atoms with Crippen molar-refractivity contribution >= 4 is 93.7 Å². The van der Waals surface area contributed by atoms with Crippen molar-refractivity contribution in [2.45, 2.75) is 0 Å². The monoisotopic (exact) mass is 694 g/mol. The van der Waals surface area contributed by atoms with Crippen molar-refractivity contribution in [3.05, 3.63) is 188 Å². The fourth-order valence-corrected chi connectivity index (χ4v) is 11.8. The van der Waals surface area contributed by atoms with E-state index in [4.69, 9.17) is 4.98 Å². The standard InChI is InChI=1S/C49H31N2OP/c52-53(34-16-3-1-4-17-34,35-18-5-2-6-19-35)48-41-24-12-10-22-38(41)46(39-23-11-13-25-42(39)48)33-28-30-44-45(31-33)51-47-36-20-8-7-15-32(36)27-29-40(47)37-21-9-14-26-43(37)49(51)50-44/h1-31H. The number of aromatic nitrogens is 2. The second kappa shape index (κ2) is 11.5. The molecule has 0 bridgehead atoms. The number of pyridine rings is 1. The van der Waals surface area contributed by atoms with Gasteiger partial charge in [0.05, 0.1) is 16.6 Å². The molecule has 53 heavy (non-hydrogen) atoms. The van der Waals surface area contributed by atoms with E-state index in [0.29, 0.717) is 0 Å². The predicted molar refractivity (Wildman–Crippen MR) is 225 cm³/mol. The van der Waals surface area contributed by atoms with Gasteiger partial charge in [0.2, 0.25) is 0 Å². The minimum Gasteiger partial charge on any atom is -0.309 e. The van der Waals surface area contributed by atoms with E-state index in [1.54, 1.807) is 0 Å². The van der Waals surface area contributed by atoms with Crippen LogP contribution >= 0.6 is 7.14 Å². The van der Waals surface area contributed by atoms with Crippen LogP contribution in [0.2, 0.25) is 0 Å². The largest absolute Gasteiger partial charge is 0.309 e. The highest BCUT2D eigenvalue weighted by Crippen LogP contribution is 2.49. The Morgan fingerprint density at radius 3 is 1.60 bits per heavy atom. The van der Waals surface area contributed by atoms with Crippen LogP contribution in [0, 0.1) is 0 Å². The summed E-state index contributed by atoms with van der Waals surface area (Å²) < 4.78 is 18.5. The van der Waals surface area contributed by atoms with E-state index in [1.165, 1.54) is 21.5 Å². The van der Waals surface area contributed by atoms with Gasteiger partial charge in [-0.25, -0.2) is 4.98 Å². The second-order valence-corrected chi connectivity index (χ2v) is 16.5. The number of nitrogens with zero attached hydrogens (tertiary/aromatic N) is 2. The Balaban J connectivity index is 1.28. The van der Waals surface area contributed by atoms with Gasteiger partial charge in [-0.15, -0.1) is 0 Å². The third-order valence-corrected chi connectivity index (χ3v) is 14.1. The van der Waals surface area contributed by atoms with E-state index < -0.39 is 7.14 Å². The molecule has 0 saturated heterocycles. The number of hydrogen-bond donors (Lipinski definition) is 0. The molecule has 4 heteroatoms. The lowest BCUT2D eigenvalue weighted by Crippen LogP contribution is -2.26. The van der Waals surface area contributed by atoms with Gasteiger partial charge in [-0.05, 0) is 55.6 Å². The van der Waals surface area contributed by atoms with Gasteiger partial charge < -0.3 is 4.57 Å². The van der Waals surface area contributed by atoms with Gasteiger partial charge in [0.25, 0.3) is 0 Å². The molecule has 9 aromatic carbocycles. The molecule has 0 radical (unpaired) electrons. The number of hydrogen-bond acceptors (Lipinski definition) is 2.